The maximum Gasteiger partial charge on any atom is 0.335 e. The summed E-state index contributed by atoms with van der Waals surface area (Å²) in [6.45, 7) is 2.03. The van der Waals surface area contributed by atoms with E-state index >= 15 is 0 Å². The second kappa shape index (κ2) is 3.55. The third-order valence-electron chi connectivity index (χ3n) is 3.16. The van der Waals surface area contributed by atoms with E-state index in [0.717, 1.165) is 30.8 Å². The second-order valence-electron chi connectivity index (χ2n) is 4.41. The molecule has 1 fully saturated rings. The zero-order valence-electron chi connectivity index (χ0n) is 9.55. The minimum Gasteiger partial charge on any atom is -0.478 e. The number of carboxylic acid groups (broad SMARTS) is 1. The fraction of sp³-hybridized carbons (Fsp3) is 0.417. The topological polar surface area (TPSA) is 67.5 Å². The first kappa shape index (κ1) is 10.3. The van der Waals surface area contributed by atoms with Gasteiger partial charge in [-0.05, 0) is 30.9 Å². The van der Waals surface area contributed by atoms with Crippen molar-refractivity contribution in [3.05, 3.63) is 29.2 Å². The zero-order chi connectivity index (χ0) is 12.0. The molecule has 3 rings (SSSR count). The monoisotopic (exact) mass is 231 g/mol. The van der Waals surface area contributed by atoms with Gasteiger partial charge in [0.1, 0.15) is 5.82 Å². The quantitative estimate of drug-likeness (QED) is 0.875. The molecule has 0 unspecified atom stereocenters. The van der Waals surface area contributed by atoms with E-state index in [1.807, 2.05) is 11.3 Å². The molecule has 5 nitrogen and oxygen atoms in total. The van der Waals surface area contributed by atoms with E-state index < -0.39 is 5.97 Å². The van der Waals surface area contributed by atoms with Crippen LogP contribution in [0.5, 0.6) is 0 Å². The van der Waals surface area contributed by atoms with Crippen LogP contribution in [0.15, 0.2) is 12.1 Å². The van der Waals surface area contributed by atoms with Gasteiger partial charge in [-0.25, -0.2) is 4.79 Å². The number of fused-ring (bicyclic) bond motifs is 1. The van der Waals surface area contributed by atoms with Crippen molar-refractivity contribution in [2.45, 2.75) is 32.1 Å². The van der Waals surface area contributed by atoms with Gasteiger partial charge in [-0.3, -0.25) is 4.40 Å². The first-order valence-electron chi connectivity index (χ1n) is 5.82. The van der Waals surface area contributed by atoms with Gasteiger partial charge in [-0.15, -0.1) is 10.2 Å². The first-order valence-corrected chi connectivity index (χ1v) is 5.82. The van der Waals surface area contributed by atoms with Crippen LogP contribution in [0.25, 0.3) is 5.65 Å². The number of aryl methyl sites for hydroxylation is 1. The first-order chi connectivity index (χ1) is 8.20. The van der Waals surface area contributed by atoms with Crippen LogP contribution in [-0.2, 0) is 6.42 Å². The SMILES string of the molecule is CCc1nnc2cc(C(=O)O)cc(C3CC3)n12. The molecule has 1 aliphatic rings. The largest absolute Gasteiger partial charge is 0.478 e. The van der Waals surface area contributed by atoms with Crippen LogP contribution in [0, 0.1) is 0 Å². The molecule has 0 atom stereocenters. The van der Waals surface area contributed by atoms with E-state index in [9.17, 15) is 4.79 Å². The molecule has 0 saturated heterocycles. The van der Waals surface area contributed by atoms with Gasteiger partial charge in [0.15, 0.2) is 5.65 Å². The summed E-state index contributed by atoms with van der Waals surface area (Å²) in [7, 11) is 0. The molecule has 17 heavy (non-hydrogen) atoms. The smallest absolute Gasteiger partial charge is 0.335 e. The lowest BCUT2D eigenvalue weighted by Gasteiger charge is -2.07. The van der Waals surface area contributed by atoms with Crippen molar-refractivity contribution < 1.29 is 9.90 Å². The van der Waals surface area contributed by atoms with Crippen molar-refractivity contribution in [1.82, 2.24) is 14.6 Å². The highest BCUT2D eigenvalue weighted by Crippen LogP contribution is 2.40. The third kappa shape index (κ3) is 1.58. The molecular formula is C12H13N3O2. The summed E-state index contributed by atoms with van der Waals surface area (Å²) in [6.07, 6.45) is 3.05. The van der Waals surface area contributed by atoms with E-state index in [1.54, 1.807) is 12.1 Å². The Kier molecular flexibility index (Phi) is 2.14. The molecule has 0 bridgehead atoms. The van der Waals surface area contributed by atoms with Crippen LogP contribution in [-0.4, -0.2) is 25.7 Å². The van der Waals surface area contributed by atoms with Crippen molar-refractivity contribution in [1.29, 1.82) is 0 Å². The number of aromatic nitrogens is 3. The Bertz CT molecular complexity index is 599. The Morgan fingerprint density at radius 1 is 1.47 bits per heavy atom. The van der Waals surface area contributed by atoms with E-state index in [-0.39, 0.29) is 0 Å². The zero-order valence-corrected chi connectivity index (χ0v) is 9.55. The van der Waals surface area contributed by atoms with Crippen LogP contribution in [0.3, 0.4) is 0 Å². The maximum atomic E-state index is 11.1. The van der Waals surface area contributed by atoms with Crippen molar-refractivity contribution >= 4 is 11.6 Å². The van der Waals surface area contributed by atoms with Crippen LogP contribution in [0.4, 0.5) is 0 Å². The molecule has 0 spiro atoms. The lowest BCUT2D eigenvalue weighted by molar-refractivity contribution is 0.0696. The molecule has 1 N–H and O–H groups in total. The number of pyridine rings is 1. The van der Waals surface area contributed by atoms with Gasteiger partial charge < -0.3 is 5.11 Å². The van der Waals surface area contributed by atoms with Crippen molar-refractivity contribution in [2.24, 2.45) is 0 Å². The molecule has 1 saturated carbocycles. The Balaban J connectivity index is 2.29. The number of aromatic carboxylic acids is 1. The number of hydrogen-bond acceptors (Lipinski definition) is 3. The van der Waals surface area contributed by atoms with Crippen molar-refractivity contribution in [2.75, 3.05) is 0 Å². The van der Waals surface area contributed by atoms with Gasteiger partial charge in [-0.2, -0.15) is 0 Å². The van der Waals surface area contributed by atoms with E-state index in [2.05, 4.69) is 10.2 Å². The van der Waals surface area contributed by atoms with Crippen LogP contribution < -0.4 is 0 Å². The molecular weight excluding hydrogens is 218 g/mol. The molecule has 1 aliphatic carbocycles. The second-order valence-corrected chi connectivity index (χ2v) is 4.41. The molecule has 0 amide bonds. The highest BCUT2D eigenvalue weighted by molar-refractivity contribution is 5.89. The van der Waals surface area contributed by atoms with Gasteiger partial charge in [-0.1, -0.05) is 6.92 Å². The molecule has 0 radical (unpaired) electrons. The van der Waals surface area contributed by atoms with Crippen molar-refractivity contribution in [3.63, 3.8) is 0 Å². The lowest BCUT2D eigenvalue weighted by Crippen LogP contribution is -2.04. The molecule has 2 aromatic rings. The number of hydrogen-bond donors (Lipinski definition) is 1. The summed E-state index contributed by atoms with van der Waals surface area (Å²) in [6, 6.07) is 3.34. The Labute approximate surface area is 98.1 Å². The average molecular weight is 231 g/mol. The van der Waals surface area contributed by atoms with Crippen LogP contribution >= 0.6 is 0 Å². The number of nitrogens with zero attached hydrogens (tertiary/aromatic N) is 3. The molecule has 88 valence electrons. The molecule has 2 heterocycles. The fourth-order valence-corrected chi connectivity index (χ4v) is 2.14. The van der Waals surface area contributed by atoms with Gasteiger partial charge in [0.2, 0.25) is 0 Å². The van der Waals surface area contributed by atoms with Gasteiger partial charge in [0, 0.05) is 12.1 Å². The summed E-state index contributed by atoms with van der Waals surface area (Å²) in [5.74, 6) is 0.465. The lowest BCUT2D eigenvalue weighted by atomic mass is 10.1. The normalized spacial score (nSPS) is 15.4. The number of carboxylic acids is 1. The predicted molar refractivity (Wildman–Crippen MR) is 61.3 cm³/mol. The molecule has 2 aromatic heterocycles. The summed E-state index contributed by atoms with van der Waals surface area (Å²) in [5, 5.41) is 17.2. The van der Waals surface area contributed by atoms with Gasteiger partial charge in [0.05, 0.1) is 5.56 Å². The van der Waals surface area contributed by atoms with Crippen LogP contribution in [0.2, 0.25) is 0 Å². The summed E-state index contributed by atoms with van der Waals surface area (Å²) in [4.78, 5) is 11.1. The highest BCUT2D eigenvalue weighted by atomic mass is 16.4. The highest BCUT2D eigenvalue weighted by Gasteiger charge is 2.28. The van der Waals surface area contributed by atoms with E-state index in [1.165, 1.54) is 0 Å². The van der Waals surface area contributed by atoms with E-state index in [0.29, 0.717) is 17.1 Å². The standard InChI is InChI=1S/C12H13N3O2/c1-2-10-13-14-11-6-8(12(16)17)5-9(15(10)11)7-3-4-7/h5-7H,2-4H2,1H3,(H,16,17). The average Bonchev–Trinajstić information content (AvgIpc) is 3.07. The third-order valence-corrected chi connectivity index (χ3v) is 3.16. The molecule has 0 aromatic carbocycles. The fourth-order valence-electron chi connectivity index (χ4n) is 2.14. The maximum absolute atomic E-state index is 11.1. The van der Waals surface area contributed by atoms with Gasteiger partial charge in [0.25, 0.3) is 0 Å². The predicted octanol–water partition coefficient (Wildman–Crippen LogP) is 1.87. The molecule has 0 aliphatic heterocycles. The summed E-state index contributed by atoms with van der Waals surface area (Å²) < 4.78 is 2.00. The number of carbonyl (C=O) groups is 1. The number of rotatable bonds is 3. The molecule has 5 heteroatoms. The Morgan fingerprint density at radius 2 is 2.24 bits per heavy atom. The Hall–Kier alpha value is -1.91. The summed E-state index contributed by atoms with van der Waals surface area (Å²) in [5.41, 5.74) is 1.99. The van der Waals surface area contributed by atoms with Gasteiger partial charge >= 0.3 is 5.97 Å². The minimum atomic E-state index is -0.907. The summed E-state index contributed by atoms with van der Waals surface area (Å²) >= 11 is 0. The van der Waals surface area contributed by atoms with E-state index in [4.69, 9.17) is 5.11 Å². The van der Waals surface area contributed by atoms with Crippen LogP contribution in [0.1, 0.15) is 47.6 Å². The minimum absolute atomic E-state index is 0.300. The Morgan fingerprint density at radius 3 is 2.82 bits per heavy atom. The van der Waals surface area contributed by atoms with Crippen molar-refractivity contribution in [3.8, 4) is 0 Å².